The van der Waals surface area contributed by atoms with Crippen LogP contribution in [-0.2, 0) is 4.79 Å². The minimum absolute atomic E-state index is 0.179. The Morgan fingerprint density at radius 2 is 2.42 bits per heavy atom. The molecule has 0 unspecified atom stereocenters. The molecule has 1 amide bonds. The predicted octanol–water partition coefficient (Wildman–Crippen LogP) is 0.841. The largest absolute Gasteiger partial charge is 0.440 e. The molecule has 0 heterocycles. The summed E-state index contributed by atoms with van der Waals surface area (Å²) in [5.41, 5.74) is 1.27. The van der Waals surface area contributed by atoms with Crippen LogP contribution in [0.5, 0.6) is 0 Å². The van der Waals surface area contributed by atoms with Gasteiger partial charge in [0.05, 0.1) is 0 Å². The predicted molar refractivity (Wildman–Crippen MR) is 50.5 cm³/mol. The van der Waals surface area contributed by atoms with Crippen molar-refractivity contribution in [2.45, 2.75) is 13.3 Å². The average Bonchev–Trinajstić information content (AvgIpc) is 2.01. The quantitative estimate of drug-likeness (QED) is 0.641. The lowest BCUT2D eigenvalue weighted by Gasteiger charge is -2.01. The molecule has 0 spiro atoms. The van der Waals surface area contributed by atoms with Gasteiger partial charge in [0, 0.05) is 12.0 Å². The van der Waals surface area contributed by atoms with Gasteiger partial charge in [0.25, 0.3) is 0 Å². The Bertz CT molecular complexity index is 194. The molecule has 66 valence electrons. The molecule has 0 aliphatic rings. The van der Waals surface area contributed by atoms with Crippen molar-refractivity contribution in [3.8, 4) is 0 Å². The summed E-state index contributed by atoms with van der Waals surface area (Å²) in [6, 6.07) is 0. The molecule has 0 atom stereocenters. The molecular formula is C7H11BClNO2. The van der Waals surface area contributed by atoms with Crippen molar-refractivity contribution >= 4 is 24.6 Å². The lowest BCUT2D eigenvalue weighted by atomic mass is 9.83. The lowest BCUT2D eigenvalue weighted by Crippen LogP contribution is -2.37. The highest BCUT2D eigenvalue weighted by atomic mass is 35.5. The van der Waals surface area contributed by atoms with Gasteiger partial charge in [-0.25, -0.2) is 0 Å². The fraction of sp³-hybridized carbons (Fsp3) is 0.286. The Balaban J connectivity index is 3.68. The highest BCUT2D eigenvalue weighted by Gasteiger charge is 2.08. The van der Waals surface area contributed by atoms with Gasteiger partial charge in [-0.2, -0.15) is 0 Å². The van der Waals surface area contributed by atoms with Crippen LogP contribution in [0.4, 0.5) is 0 Å². The van der Waals surface area contributed by atoms with Gasteiger partial charge in [-0.1, -0.05) is 29.7 Å². The van der Waals surface area contributed by atoms with E-state index in [-0.39, 0.29) is 12.3 Å². The second-order valence-electron chi connectivity index (χ2n) is 2.10. The van der Waals surface area contributed by atoms with Gasteiger partial charge >= 0.3 is 7.05 Å². The normalized spacial score (nSPS) is 10.9. The Labute approximate surface area is 77.2 Å². The first kappa shape index (κ1) is 11.3. The van der Waals surface area contributed by atoms with Crippen LogP contribution in [0.3, 0.4) is 0 Å². The molecule has 12 heavy (non-hydrogen) atoms. The summed E-state index contributed by atoms with van der Waals surface area (Å²) in [6.45, 7) is 1.76. The minimum atomic E-state index is -0.911. The number of nitrogens with one attached hydrogen (secondary N) is 1. The first-order valence-electron chi connectivity index (χ1n) is 3.56. The fourth-order valence-corrected chi connectivity index (χ4v) is 0.695. The van der Waals surface area contributed by atoms with E-state index in [2.05, 4.69) is 5.23 Å². The Morgan fingerprint density at radius 3 is 2.92 bits per heavy atom. The fourth-order valence-electron chi connectivity index (χ4n) is 0.606. The second kappa shape index (κ2) is 6.94. The van der Waals surface area contributed by atoms with E-state index in [1.165, 1.54) is 17.6 Å². The molecule has 0 fully saturated rings. The summed E-state index contributed by atoms with van der Waals surface area (Å²) in [7, 11) is -0.911. The summed E-state index contributed by atoms with van der Waals surface area (Å²) < 4.78 is 0. The number of carbonyl (C=O) groups is 1. The van der Waals surface area contributed by atoms with Crippen LogP contribution in [0.1, 0.15) is 13.3 Å². The van der Waals surface area contributed by atoms with Gasteiger partial charge in [0.2, 0.25) is 5.91 Å². The first-order valence-corrected chi connectivity index (χ1v) is 3.99. The zero-order valence-electron chi connectivity index (χ0n) is 6.83. The van der Waals surface area contributed by atoms with Gasteiger partial charge in [-0.15, -0.1) is 0 Å². The van der Waals surface area contributed by atoms with Crippen LogP contribution >= 0.6 is 11.6 Å². The molecule has 5 heteroatoms. The van der Waals surface area contributed by atoms with Gasteiger partial charge in [-0.05, 0) is 6.92 Å². The maximum atomic E-state index is 10.9. The Hall–Kier alpha value is -0.735. The van der Waals surface area contributed by atoms with E-state index >= 15 is 0 Å². The van der Waals surface area contributed by atoms with Gasteiger partial charge in [0.1, 0.15) is 0 Å². The van der Waals surface area contributed by atoms with Crippen LogP contribution in [0.2, 0.25) is 0 Å². The first-order chi connectivity index (χ1) is 5.70. The molecule has 0 saturated carbocycles. The van der Waals surface area contributed by atoms with Crippen molar-refractivity contribution in [2.24, 2.45) is 0 Å². The van der Waals surface area contributed by atoms with Gasteiger partial charge < -0.3 is 10.3 Å². The molecule has 0 rings (SSSR count). The smallest absolute Gasteiger partial charge is 0.429 e. The summed E-state index contributed by atoms with van der Waals surface area (Å²) in [6.07, 6.45) is 3.33. The topological polar surface area (TPSA) is 49.3 Å². The Kier molecular flexibility index (Phi) is 6.52. The molecule has 0 aromatic rings. The molecule has 0 bridgehead atoms. The highest BCUT2D eigenvalue weighted by molar-refractivity contribution is 6.56. The van der Waals surface area contributed by atoms with E-state index in [0.29, 0.717) is 0 Å². The lowest BCUT2D eigenvalue weighted by molar-refractivity contribution is -0.118. The maximum absolute atomic E-state index is 10.9. The zero-order chi connectivity index (χ0) is 9.40. The van der Waals surface area contributed by atoms with Crippen molar-refractivity contribution in [2.75, 3.05) is 0 Å². The number of rotatable bonds is 4. The average molecular weight is 187 g/mol. The summed E-state index contributed by atoms with van der Waals surface area (Å²) in [4.78, 5) is 10.9. The number of hydrogen-bond donors (Lipinski definition) is 2. The molecule has 2 N–H and O–H groups in total. The standard InChI is InChI=1S/C7H11BClNO2/c1-2-5-8(12)10-7(11)4-3-6-9/h2-3,5-6,12H,4H2,1H3,(H,10,11)/b5-2+,6-3+. The summed E-state index contributed by atoms with van der Waals surface area (Å²) >= 11 is 5.21. The van der Waals surface area contributed by atoms with E-state index in [1.807, 2.05) is 0 Å². The van der Waals surface area contributed by atoms with E-state index < -0.39 is 7.05 Å². The van der Waals surface area contributed by atoms with Crippen LogP contribution in [0.25, 0.3) is 0 Å². The third-order valence-corrected chi connectivity index (χ3v) is 1.25. The third kappa shape index (κ3) is 6.01. The van der Waals surface area contributed by atoms with Crippen molar-refractivity contribution in [3.63, 3.8) is 0 Å². The van der Waals surface area contributed by atoms with Crippen LogP contribution in [0, 0.1) is 0 Å². The molecule has 0 radical (unpaired) electrons. The molecule has 0 saturated heterocycles. The molecule has 0 aromatic carbocycles. The van der Waals surface area contributed by atoms with Crippen LogP contribution < -0.4 is 5.23 Å². The number of carbonyl (C=O) groups excluding carboxylic acids is 1. The van der Waals surface area contributed by atoms with Crippen molar-refractivity contribution in [3.05, 3.63) is 23.7 Å². The highest BCUT2D eigenvalue weighted by Crippen LogP contribution is 1.86. The van der Waals surface area contributed by atoms with Gasteiger partial charge in [0.15, 0.2) is 0 Å². The van der Waals surface area contributed by atoms with Crippen molar-refractivity contribution in [1.29, 1.82) is 0 Å². The van der Waals surface area contributed by atoms with E-state index in [1.54, 1.807) is 13.0 Å². The monoisotopic (exact) mass is 187 g/mol. The van der Waals surface area contributed by atoms with Crippen molar-refractivity contribution < 1.29 is 9.82 Å². The number of amides is 1. The summed E-state index contributed by atoms with van der Waals surface area (Å²) in [5, 5.41) is 11.4. The maximum Gasteiger partial charge on any atom is 0.440 e. The van der Waals surface area contributed by atoms with Crippen molar-refractivity contribution in [1.82, 2.24) is 5.23 Å². The molecule has 3 nitrogen and oxygen atoms in total. The summed E-state index contributed by atoms with van der Waals surface area (Å²) in [5.74, 6) is 1.21. The second-order valence-corrected chi connectivity index (χ2v) is 2.36. The molecule has 0 aliphatic carbocycles. The zero-order valence-corrected chi connectivity index (χ0v) is 7.58. The minimum Gasteiger partial charge on any atom is -0.429 e. The number of hydrogen-bond acceptors (Lipinski definition) is 2. The molecule has 0 aliphatic heterocycles. The van der Waals surface area contributed by atoms with E-state index in [9.17, 15) is 4.79 Å². The van der Waals surface area contributed by atoms with Crippen LogP contribution in [0.15, 0.2) is 23.7 Å². The van der Waals surface area contributed by atoms with E-state index in [4.69, 9.17) is 16.6 Å². The SMILES string of the molecule is C/C=C/B(O)NC(=O)C/C=C/Cl. The van der Waals surface area contributed by atoms with E-state index in [0.717, 1.165) is 0 Å². The van der Waals surface area contributed by atoms with Crippen LogP contribution in [-0.4, -0.2) is 18.0 Å². The third-order valence-electron chi connectivity index (χ3n) is 1.08. The molecule has 0 aromatic heterocycles. The number of allylic oxidation sites excluding steroid dienone is 1. The Morgan fingerprint density at radius 1 is 1.75 bits per heavy atom. The number of halogens is 1. The van der Waals surface area contributed by atoms with Gasteiger partial charge in [-0.3, -0.25) is 4.79 Å². The molecular weight excluding hydrogens is 176 g/mol.